The molecule has 8 heteroatoms. The minimum Gasteiger partial charge on any atom is -0.490 e. The molecule has 0 unspecified atom stereocenters. The average Bonchev–Trinajstić information content (AvgIpc) is 2.82. The van der Waals surface area contributed by atoms with Gasteiger partial charge in [0.2, 0.25) is 0 Å². The van der Waals surface area contributed by atoms with E-state index in [4.69, 9.17) is 18.6 Å². The van der Waals surface area contributed by atoms with Crippen LogP contribution in [0.1, 0.15) is 29.8 Å². The van der Waals surface area contributed by atoms with Crippen molar-refractivity contribution in [3.05, 3.63) is 82.7 Å². The standard InChI is InChI=1S/C26H25NO7/c1-4-13-27-25(29)20-15-18-9-10-19(16-22(18)34-26(20)30)33-24(28)12-8-17-7-11-21(31-5-2)23(14-17)32-6-3/h4,7-12,14-16H,1,5-6,13H2,2-3H3,(H,27,29)/b12-8+. The van der Waals surface area contributed by atoms with Crippen molar-refractivity contribution in [2.24, 2.45) is 0 Å². The first-order chi connectivity index (χ1) is 16.4. The molecule has 0 aliphatic carbocycles. The molecule has 0 atom stereocenters. The molecule has 0 aliphatic heterocycles. The zero-order valence-corrected chi connectivity index (χ0v) is 19.0. The molecule has 1 heterocycles. The maximum absolute atomic E-state index is 12.3. The van der Waals surface area contributed by atoms with Crippen molar-refractivity contribution < 1.29 is 28.2 Å². The second-order valence-corrected chi connectivity index (χ2v) is 6.97. The summed E-state index contributed by atoms with van der Waals surface area (Å²) in [7, 11) is 0. The summed E-state index contributed by atoms with van der Waals surface area (Å²) >= 11 is 0. The molecular formula is C26H25NO7. The zero-order chi connectivity index (χ0) is 24.5. The summed E-state index contributed by atoms with van der Waals surface area (Å²) in [6.07, 6.45) is 4.37. The van der Waals surface area contributed by atoms with E-state index in [0.717, 1.165) is 5.56 Å². The van der Waals surface area contributed by atoms with E-state index < -0.39 is 17.5 Å². The second-order valence-electron chi connectivity index (χ2n) is 6.97. The molecule has 8 nitrogen and oxygen atoms in total. The van der Waals surface area contributed by atoms with E-state index in [9.17, 15) is 14.4 Å². The smallest absolute Gasteiger partial charge is 0.349 e. The molecule has 2 aromatic carbocycles. The van der Waals surface area contributed by atoms with Gasteiger partial charge in [0.25, 0.3) is 5.91 Å². The largest absolute Gasteiger partial charge is 0.490 e. The van der Waals surface area contributed by atoms with Crippen LogP contribution in [0.4, 0.5) is 0 Å². The fourth-order valence-electron chi connectivity index (χ4n) is 3.06. The maximum atomic E-state index is 12.3. The molecule has 0 bridgehead atoms. The van der Waals surface area contributed by atoms with Crippen molar-refractivity contribution >= 4 is 28.9 Å². The van der Waals surface area contributed by atoms with Crippen LogP contribution < -0.4 is 25.2 Å². The predicted octanol–water partition coefficient (Wildman–Crippen LogP) is 4.13. The first-order valence-electron chi connectivity index (χ1n) is 10.7. The van der Waals surface area contributed by atoms with Gasteiger partial charge in [0.15, 0.2) is 11.5 Å². The Kier molecular flexibility index (Phi) is 8.23. The zero-order valence-electron chi connectivity index (χ0n) is 19.0. The molecule has 0 spiro atoms. The molecule has 1 amide bonds. The first-order valence-corrected chi connectivity index (χ1v) is 10.7. The van der Waals surface area contributed by atoms with Gasteiger partial charge < -0.3 is 23.9 Å². The van der Waals surface area contributed by atoms with Crippen molar-refractivity contribution in [3.8, 4) is 17.2 Å². The molecule has 3 rings (SSSR count). The summed E-state index contributed by atoms with van der Waals surface area (Å²) in [5.41, 5.74) is 0.00452. The van der Waals surface area contributed by atoms with Crippen LogP contribution in [-0.2, 0) is 4.79 Å². The highest BCUT2D eigenvalue weighted by Crippen LogP contribution is 2.29. The minimum atomic E-state index is -0.793. The van der Waals surface area contributed by atoms with Crippen molar-refractivity contribution in [1.82, 2.24) is 5.32 Å². The van der Waals surface area contributed by atoms with Gasteiger partial charge in [-0.25, -0.2) is 9.59 Å². The Morgan fingerprint density at radius 2 is 1.79 bits per heavy atom. The molecule has 3 aromatic rings. The number of hydrogen-bond acceptors (Lipinski definition) is 7. The number of ether oxygens (including phenoxy) is 3. The Morgan fingerprint density at radius 1 is 1.03 bits per heavy atom. The third kappa shape index (κ3) is 6.13. The first kappa shape index (κ1) is 24.3. The SMILES string of the molecule is C=CCNC(=O)c1cc2ccc(OC(=O)/C=C/c3ccc(OCC)c(OCC)c3)cc2oc1=O. The number of carbonyl (C=O) groups is 2. The molecule has 34 heavy (non-hydrogen) atoms. The number of nitrogens with one attached hydrogen (secondary N) is 1. The lowest BCUT2D eigenvalue weighted by Gasteiger charge is -2.11. The van der Waals surface area contributed by atoms with Crippen LogP contribution in [0.5, 0.6) is 17.2 Å². The number of rotatable bonds is 10. The molecule has 0 radical (unpaired) electrons. The summed E-state index contributed by atoms with van der Waals surface area (Å²) < 4.78 is 21.7. The minimum absolute atomic E-state index is 0.121. The quantitative estimate of drug-likeness (QED) is 0.159. The Bertz CT molecular complexity index is 1290. The highest BCUT2D eigenvalue weighted by atomic mass is 16.5. The van der Waals surface area contributed by atoms with E-state index >= 15 is 0 Å². The molecule has 0 saturated heterocycles. The number of benzene rings is 2. The molecule has 0 saturated carbocycles. The van der Waals surface area contributed by atoms with E-state index in [2.05, 4.69) is 11.9 Å². The third-order valence-corrected chi connectivity index (χ3v) is 4.56. The Morgan fingerprint density at radius 3 is 2.53 bits per heavy atom. The molecule has 0 fully saturated rings. The van der Waals surface area contributed by atoms with Gasteiger partial charge in [-0.2, -0.15) is 0 Å². The number of carbonyl (C=O) groups excluding carboxylic acids is 2. The number of fused-ring (bicyclic) bond motifs is 1. The lowest BCUT2D eigenvalue weighted by molar-refractivity contribution is -0.128. The van der Waals surface area contributed by atoms with Gasteiger partial charge in [0.1, 0.15) is 16.9 Å². The van der Waals surface area contributed by atoms with Gasteiger partial charge >= 0.3 is 11.6 Å². The highest BCUT2D eigenvalue weighted by Gasteiger charge is 2.14. The Hall–Kier alpha value is -4.33. The molecule has 1 aromatic heterocycles. The van der Waals surface area contributed by atoms with E-state index in [0.29, 0.717) is 30.1 Å². The Labute approximate surface area is 196 Å². The van der Waals surface area contributed by atoms with Crippen LogP contribution in [0, 0.1) is 0 Å². The number of hydrogen-bond donors (Lipinski definition) is 1. The van der Waals surface area contributed by atoms with Crippen LogP contribution in [-0.4, -0.2) is 31.6 Å². The van der Waals surface area contributed by atoms with Gasteiger partial charge in [-0.05, 0) is 55.8 Å². The summed E-state index contributed by atoms with van der Waals surface area (Å²) in [4.78, 5) is 36.5. The molecule has 1 N–H and O–H groups in total. The fourth-order valence-corrected chi connectivity index (χ4v) is 3.06. The summed E-state index contributed by atoms with van der Waals surface area (Å²) in [6.45, 7) is 8.49. The van der Waals surface area contributed by atoms with Gasteiger partial charge in [-0.15, -0.1) is 6.58 Å². The lowest BCUT2D eigenvalue weighted by atomic mass is 10.1. The van der Waals surface area contributed by atoms with Crippen LogP contribution in [0.25, 0.3) is 17.0 Å². The van der Waals surface area contributed by atoms with Crippen molar-refractivity contribution in [1.29, 1.82) is 0 Å². The van der Waals surface area contributed by atoms with Gasteiger partial charge in [0, 0.05) is 24.1 Å². The monoisotopic (exact) mass is 463 g/mol. The summed E-state index contributed by atoms with van der Waals surface area (Å²) in [5, 5.41) is 3.04. The van der Waals surface area contributed by atoms with E-state index in [1.807, 2.05) is 13.8 Å². The third-order valence-electron chi connectivity index (χ3n) is 4.56. The maximum Gasteiger partial charge on any atom is 0.349 e. The van der Waals surface area contributed by atoms with E-state index in [1.54, 1.807) is 36.4 Å². The van der Waals surface area contributed by atoms with E-state index in [-0.39, 0.29) is 23.4 Å². The predicted molar refractivity (Wildman–Crippen MR) is 128 cm³/mol. The van der Waals surface area contributed by atoms with Gasteiger partial charge in [-0.1, -0.05) is 12.1 Å². The van der Waals surface area contributed by atoms with Crippen LogP contribution in [0.15, 0.2) is 70.4 Å². The van der Waals surface area contributed by atoms with Gasteiger partial charge in [-0.3, -0.25) is 4.79 Å². The highest BCUT2D eigenvalue weighted by molar-refractivity contribution is 5.97. The van der Waals surface area contributed by atoms with Crippen LogP contribution in [0.3, 0.4) is 0 Å². The fraction of sp³-hybridized carbons (Fsp3) is 0.192. The Balaban J connectivity index is 1.73. The normalized spacial score (nSPS) is 10.8. The lowest BCUT2D eigenvalue weighted by Crippen LogP contribution is -2.28. The van der Waals surface area contributed by atoms with Crippen molar-refractivity contribution in [2.75, 3.05) is 19.8 Å². The molecule has 176 valence electrons. The van der Waals surface area contributed by atoms with E-state index in [1.165, 1.54) is 24.3 Å². The average molecular weight is 463 g/mol. The van der Waals surface area contributed by atoms with Gasteiger partial charge in [0.05, 0.1) is 13.2 Å². The van der Waals surface area contributed by atoms with Crippen LogP contribution in [0.2, 0.25) is 0 Å². The topological polar surface area (TPSA) is 104 Å². The van der Waals surface area contributed by atoms with Crippen molar-refractivity contribution in [2.45, 2.75) is 13.8 Å². The van der Waals surface area contributed by atoms with Crippen LogP contribution >= 0.6 is 0 Å². The van der Waals surface area contributed by atoms with Crippen molar-refractivity contribution in [3.63, 3.8) is 0 Å². The second kappa shape index (κ2) is 11.5. The molecule has 0 aliphatic rings. The molecular weight excluding hydrogens is 438 g/mol. The number of amides is 1. The summed E-state index contributed by atoms with van der Waals surface area (Å²) in [6, 6.07) is 11.3. The number of esters is 1. The summed E-state index contributed by atoms with van der Waals surface area (Å²) in [5.74, 6) is 0.229.